The van der Waals surface area contributed by atoms with Crippen LogP contribution >= 0.6 is 0 Å². The fourth-order valence-corrected chi connectivity index (χ4v) is 0.808. The van der Waals surface area contributed by atoms with Crippen molar-refractivity contribution in [2.75, 3.05) is 13.1 Å². The highest BCUT2D eigenvalue weighted by atomic mass is 16.3. The van der Waals surface area contributed by atoms with E-state index in [9.17, 15) is 5.11 Å². The highest BCUT2D eigenvalue weighted by Gasteiger charge is 2.22. The van der Waals surface area contributed by atoms with Gasteiger partial charge in [-0.15, -0.1) is 0 Å². The molecule has 52 valence electrons. The van der Waals surface area contributed by atoms with Gasteiger partial charge in [-0.25, -0.2) is 0 Å². The van der Waals surface area contributed by atoms with E-state index in [0.717, 1.165) is 13.1 Å². The van der Waals surface area contributed by atoms with Crippen molar-refractivity contribution >= 4 is 5.84 Å². The van der Waals surface area contributed by atoms with E-state index in [1.807, 2.05) is 0 Å². The fourth-order valence-electron chi connectivity index (χ4n) is 0.808. The van der Waals surface area contributed by atoms with Gasteiger partial charge in [-0.1, -0.05) is 0 Å². The van der Waals surface area contributed by atoms with E-state index in [-0.39, 0.29) is 0 Å². The first kappa shape index (κ1) is 6.55. The van der Waals surface area contributed by atoms with E-state index in [1.54, 1.807) is 13.8 Å². The van der Waals surface area contributed by atoms with Crippen LogP contribution in [0.3, 0.4) is 0 Å². The molecule has 0 aromatic heterocycles. The van der Waals surface area contributed by atoms with Gasteiger partial charge in [-0.3, -0.25) is 4.99 Å². The average molecular weight is 128 g/mol. The molecule has 9 heavy (non-hydrogen) atoms. The molecule has 0 fully saturated rings. The molecule has 0 radical (unpaired) electrons. The van der Waals surface area contributed by atoms with Crippen molar-refractivity contribution < 1.29 is 5.11 Å². The lowest BCUT2D eigenvalue weighted by Gasteiger charge is -2.16. The van der Waals surface area contributed by atoms with Crippen molar-refractivity contribution in [2.24, 2.45) is 4.99 Å². The summed E-state index contributed by atoms with van der Waals surface area (Å²) in [4.78, 5) is 4.06. The minimum atomic E-state index is -0.781. The Morgan fingerprint density at radius 2 is 2.33 bits per heavy atom. The van der Waals surface area contributed by atoms with Crippen molar-refractivity contribution in [3.63, 3.8) is 0 Å². The molecular weight excluding hydrogens is 116 g/mol. The minimum absolute atomic E-state index is 0.711. The molecule has 3 nitrogen and oxygen atoms in total. The summed E-state index contributed by atoms with van der Waals surface area (Å²) in [5.41, 5.74) is -0.781. The molecule has 2 N–H and O–H groups in total. The first-order valence-corrected chi connectivity index (χ1v) is 3.12. The van der Waals surface area contributed by atoms with Crippen molar-refractivity contribution in [3.05, 3.63) is 0 Å². The number of nitrogens with zero attached hydrogens (tertiary/aromatic N) is 1. The number of hydrogen-bond acceptors (Lipinski definition) is 3. The number of nitrogens with one attached hydrogen (secondary N) is 1. The monoisotopic (exact) mass is 128 g/mol. The molecule has 1 aliphatic rings. The lowest BCUT2D eigenvalue weighted by atomic mass is 10.1. The Bertz CT molecular complexity index is 134. The predicted molar refractivity (Wildman–Crippen MR) is 36.6 cm³/mol. The van der Waals surface area contributed by atoms with E-state index in [1.165, 1.54) is 0 Å². The van der Waals surface area contributed by atoms with Crippen LogP contribution in [-0.4, -0.2) is 29.6 Å². The third-order valence-corrected chi connectivity index (χ3v) is 1.25. The summed E-state index contributed by atoms with van der Waals surface area (Å²) >= 11 is 0. The number of hydrogen-bond donors (Lipinski definition) is 2. The largest absolute Gasteiger partial charge is 0.383 e. The van der Waals surface area contributed by atoms with Crippen molar-refractivity contribution in [2.45, 2.75) is 19.4 Å². The Hall–Kier alpha value is -0.570. The van der Waals surface area contributed by atoms with E-state index in [0.29, 0.717) is 5.84 Å². The molecule has 0 aliphatic carbocycles. The van der Waals surface area contributed by atoms with Gasteiger partial charge in [-0.05, 0) is 13.8 Å². The molecule has 0 bridgehead atoms. The Labute approximate surface area is 54.8 Å². The third kappa shape index (κ3) is 1.42. The molecule has 0 saturated heterocycles. The van der Waals surface area contributed by atoms with Gasteiger partial charge >= 0.3 is 0 Å². The molecule has 0 unspecified atom stereocenters. The second-order valence-electron chi connectivity index (χ2n) is 2.72. The first-order chi connectivity index (χ1) is 4.11. The highest BCUT2D eigenvalue weighted by molar-refractivity contribution is 5.90. The van der Waals surface area contributed by atoms with Gasteiger partial charge in [0.25, 0.3) is 0 Å². The van der Waals surface area contributed by atoms with Crippen molar-refractivity contribution in [1.82, 2.24) is 5.32 Å². The molecule has 0 amide bonds. The van der Waals surface area contributed by atoms with Gasteiger partial charge in [0, 0.05) is 6.54 Å². The molecule has 1 heterocycles. The normalized spacial score (nSPS) is 19.2. The van der Waals surface area contributed by atoms with Gasteiger partial charge in [0.2, 0.25) is 0 Å². The van der Waals surface area contributed by atoms with Crippen LogP contribution in [0.15, 0.2) is 4.99 Å². The second kappa shape index (κ2) is 1.99. The number of amidine groups is 1. The number of rotatable bonds is 1. The standard InChI is InChI=1S/C6H12N2O/c1-6(2,9)5-7-3-4-8-5/h9H,3-4H2,1-2H3,(H,7,8). The van der Waals surface area contributed by atoms with Gasteiger partial charge < -0.3 is 10.4 Å². The van der Waals surface area contributed by atoms with Crippen LogP contribution in [0.1, 0.15) is 13.8 Å². The SMILES string of the molecule is CC(C)(O)C1=NCCN1. The van der Waals surface area contributed by atoms with E-state index in [2.05, 4.69) is 10.3 Å². The van der Waals surface area contributed by atoms with Crippen molar-refractivity contribution in [1.29, 1.82) is 0 Å². The van der Waals surface area contributed by atoms with Crippen LogP contribution < -0.4 is 5.32 Å². The van der Waals surface area contributed by atoms with Crippen LogP contribution in [0.4, 0.5) is 0 Å². The molecular formula is C6H12N2O. The summed E-state index contributed by atoms with van der Waals surface area (Å²) in [5.74, 6) is 0.711. The van der Waals surface area contributed by atoms with E-state index < -0.39 is 5.60 Å². The van der Waals surface area contributed by atoms with Crippen LogP contribution in [0.2, 0.25) is 0 Å². The number of aliphatic imine (C=N–C) groups is 1. The molecule has 0 saturated carbocycles. The maximum Gasteiger partial charge on any atom is 0.128 e. The fraction of sp³-hybridized carbons (Fsp3) is 0.833. The first-order valence-electron chi connectivity index (χ1n) is 3.12. The Morgan fingerprint density at radius 3 is 2.56 bits per heavy atom. The molecule has 0 aromatic rings. The zero-order chi connectivity index (χ0) is 6.91. The van der Waals surface area contributed by atoms with Crippen molar-refractivity contribution in [3.8, 4) is 0 Å². The van der Waals surface area contributed by atoms with Crippen LogP contribution in [0.5, 0.6) is 0 Å². The maximum absolute atomic E-state index is 9.32. The van der Waals surface area contributed by atoms with Gasteiger partial charge in [-0.2, -0.15) is 0 Å². The molecule has 1 aliphatic heterocycles. The highest BCUT2D eigenvalue weighted by Crippen LogP contribution is 2.04. The summed E-state index contributed by atoms with van der Waals surface area (Å²) in [6, 6.07) is 0. The average Bonchev–Trinajstić information content (AvgIpc) is 2.08. The van der Waals surface area contributed by atoms with Crippen LogP contribution in [0.25, 0.3) is 0 Å². The zero-order valence-electron chi connectivity index (χ0n) is 5.81. The third-order valence-electron chi connectivity index (χ3n) is 1.25. The maximum atomic E-state index is 9.32. The lowest BCUT2D eigenvalue weighted by Crippen LogP contribution is -2.39. The summed E-state index contributed by atoms with van der Waals surface area (Å²) in [6.07, 6.45) is 0. The van der Waals surface area contributed by atoms with Crippen LogP contribution in [-0.2, 0) is 0 Å². The lowest BCUT2D eigenvalue weighted by molar-refractivity contribution is 0.151. The summed E-state index contributed by atoms with van der Waals surface area (Å²) < 4.78 is 0. The van der Waals surface area contributed by atoms with E-state index in [4.69, 9.17) is 0 Å². The Morgan fingerprint density at radius 1 is 1.67 bits per heavy atom. The molecule has 0 aromatic carbocycles. The molecule has 1 rings (SSSR count). The van der Waals surface area contributed by atoms with Gasteiger partial charge in [0.05, 0.1) is 6.54 Å². The zero-order valence-corrected chi connectivity index (χ0v) is 5.81. The van der Waals surface area contributed by atoms with Crippen LogP contribution in [0, 0.1) is 0 Å². The Balaban J connectivity index is 2.61. The van der Waals surface area contributed by atoms with Gasteiger partial charge in [0.15, 0.2) is 0 Å². The summed E-state index contributed by atoms with van der Waals surface area (Å²) in [6.45, 7) is 5.10. The predicted octanol–water partition coefficient (Wildman–Crippen LogP) is -0.241. The molecule has 0 spiro atoms. The topological polar surface area (TPSA) is 44.6 Å². The number of aliphatic hydroxyl groups is 1. The second-order valence-corrected chi connectivity index (χ2v) is 2.72. The smallest absolute Gasteiger partial charge is 0.128 e. The van der Waals surface area contributed by atoms with E-state index >= 15 is 0 Å². The van der Waals surface area contributed by atoms with Gasteiger partial charge in [0.1, 0.15) is 11.4 Å². The quantitative estimate of drug-likeness (QED) is 0.512. The minimum Gasteiger partial charge on any atom is -0.383 e. The molecule has 3 heteroatoms. The summed E-state index contributed by atoms with van der Waals surface area (Å²) in [7, 11) is 0. The Kier molecular flexibility index (Phi) is 1.45. The molecule has 0 atom stereocenters. The summed E-state index contributed by atoms with van der Waals surface area (Å²) in [5, 5.41) is 12.3.